The van der Waals surface area contributed by atoms with Crippen LogP contribution in [0, 0.1) is 5.92 Å². The smallest absolute Gasteiger partial charge is 0.220 e. The van der Waals surface area contributed by atoms with E-state index in [4.69, 9.17) is 5.73 Å². The van der Waals surface area contributed by atoms with Gasteiger partial charge in [0.05, 0.1) is 0 Å². The molecular weight excluding hydrogens is 310 g/mol. The molecule has 4 nitrogen and oxygen atoms in total. The van der Waals surface area contributed by atoms with Crippen LogP contribution in [-0.4, -0.2) is 37.0 Å². The molecule has 3 rings (SSSR count). The van der Waals surface area contributed by atoms with Gasteiger partial charge in [0.1, 0.15) is 0 Å². The van der Waals surface area contributed by atoms with Crippen molar-refractivity contribution < 1.29 is 4.79 Å². The maximum absolute atomic E-state index is 11.2. The van der Waals surface area contributed by atoms with Gasteiger partial charge in [0, 0.05) is 12.5 Å². The highest BCUT2D eigenvalue weighted by molar-refractivity contribution is 5.82. The molecule has 0 spiro atoms. The number of likely N-dealkylation sites (tertiary alicyclic amines) is 1. The molecule has 1 saturated heterocycles. The van der Waals surface area contributed by atoms with Crippen LogP contribution in [0.4, 0.5) is 0 Å². The standard InChI is InChI=1S/C21H29N3O/c22-21(25)19-9-13-24(14-10-19)12-4-3-11-23-16-17-7-8-18-5-1-2-6-20(18)15-17/h1-2,5-8,15,19,23H,3-4,9-14,16H2,(H2,22,25). The molecule has 3 N–H and O–H groups in total. The summed E-state index contributed by atoms with van der Waals surface area (Å²) in [6.07, 6.45) is 4.24. The van der Waals surface area contributed by atoms with Crippen molar-refractivity contribution in [3.63, 3.8) is 0 Å². The van der Waals surface area contributed by atoms with E-state index in [1.54, 1.807) is 0 Å². The number of benzene rings is 2. The Bertz CT molecular complexity index is 692. The molecule has 0 aliphatic carbocycles. The minimum absolute atomic E-state index is 0.0971. The Labute approximate surface area is 150 Å². The van der Waals surface area contributed by atoms with Crippen molar-refractivity contribution in [3.05, 3.63) is 48.0 Å². The van der Waals surface area contributed by atoms with Gasteiger partial charge in [-0.2, -0.15) is 0 Å². The number of rotatable bonds is 8. The van der Waals surface area contributed by atoms with Crippen LogP contribution >= 0.6 is 0 Å². The lowest BCUT2D eigenvalue weighted by atomic mass is 9.96. The maximum atomic E-state index is 11.2. The molecular formula is C21H29N3O. The second-order valence-electron chi connectivity index (χ2n) is 7.08. The lowest BCUT2D eigenvalue weighted by Gasteiger charge is -2.30. The van der Waals surface area contributed by atoms with Crippen molar-refractivity contribution in [2.45, 2.75) is 32.2 Å². The fraction of sp³-hybridized carbons (Fsp3) is 0.476. The number of carbonyl (C=O) groups is 1. The van der Waals surface area contributed by atoms with E-state index in [0.717, 1.165) is 45.6 Å². The summed E-state index contributed by atoms with van der Waals surface area (Å²) in [5, 5.41) is 6.15. The van der Waals surface area contributed by atoms with Crippen LogP contribution in [0.2, 0.25) is 0 Å². The van der Waals surface area contributed by atoms with Gasteiger partial charge in [0.15, 0.2) is 0 Å². The highest BCUT2D eigenvalue weighted by Crippen LogP contribution is 2.17. The Kier molecular flexibility index (Phi) is 6.42. The topological polar surface area (TPSA) is 58.4 Å². The van der Waals surface area contributed by atoms with Crippen LogP contribution in [0.1, 0.15) is 31.2 Å². The van der Waals surface area contributed by atoms with E-state index in [1.165, 1.54) is 29.2 Å². The van der Waals surface area contributed by atoms with E-state index >= 15 is 0 Å². The number of piperidine rings is 1. The lowest BCUT2D eigenvalue weighted by Crippen LogP contribution is -2.39. The number of nitrogens with zero attached hydrogens (tertiary/aromatic N) is 1. The van der Waals surface area contributed by atoms with Crippen LogP contribution < -0.4 is 11.1 Å². The third kappa shape index (κ3) is 5.28. The summed E-state index contributed by atoms with van der Waals surface area (Å²) in [7, 11) is 0. The molecule has 0 bridgehead atoms. The Morgan fingerprint density at radius 3 is 2.60 bits per heavy atom. The fourth-order valence-corrected chi connectivity index (χ4v) is 3.61. The number of nitrogens with two attached hydrogens (primary N) is 1. The number of nitrogens with one attached hydrogen (secondary N) is 1. The molecule has 1 amide bonds. The SMILES string of the molecule is NC(=O)C1CCN(CCCCNCc2ccc3ccccc3c2)CC1. The van der Waals surface area contributed by atoms with Crippen LogP contribution in [0.3, 0.4) is 0 Å². The average Bonchev–Trinajstić information content (AvgIpc) is 2.65. The molecule has 1 heterocycles. The lowest BCUT2D eigenvalue weighted by molar-refractivity contribution is -0.123. The van der Waals surface area contributed by atoms with Crippen molar-refractivity contribution >= 4 is 16.7 Å². The zero-order chi connectivity index (χ0) is 17.5. The summed E-state index contributed by atoms with van der Waals surface area (Å²) >= 11 is 0. The molecule has 1 fully saturated rings. The first-order valence-electron chi connectivity index (χ1n) is 9.42. The van der Waals surface area contributed by atoms with Gasteiger partial charge >= 0.3 is 0 Å². The van der Waals surface area contributed by atoms with Crippen molar-refractivity contribution in [2.75, 3.05) is 26.2 Å². The Morgan fingerprint density at radius 1 is 1.08 bits per heavy atom. The number of primary amides is 1. The van der Waals surface area contributed by atoms with Gasteiger partial charge in [-0.15, -0.1) is 0 Å². The summed E-state index contributed by atoms with van der Waals surface area (Å²) in [4.78, 5) is 13.6. The molecule has 2 aromatic rings. The summed E-state index contributed by atoms with van der Waals surface area (Å²) in [6, 6.07) is 15.2. The summed E-state index contributed by atoms with van der Waals surface area (Å²) in [5.74, 6) is -0.0302. The molecule has 0 saturated carbocycles. The van der Waals surface area contributed by atoms with Gasteiger partial charge in [0.25, 0.3) is 0 Å². The molecule has 1 aliphatic rings. The fourth-order valence-electron chi connectivity index (χ4n) is 3.61. The first-order valence-corrected chi connectivity index (χ1v) is 9.42. The minimum atomic E-state index is -0.127. The highest BCUT2D eigenvalue weighted by atomic mass is 16.1. The normalized spacial score (nSPS) is 16.3. The predicted molar refractivity (Wildman–Crippen MR) is 103 cm³/mol. The molecule has 0 aromatic heterocycles. The summed E-state index contributed by atoms with van der Waals surface area (Å²) < 4.78 is 0. The van der Waals surface area contributed by atoms with Crippen molar-refractivity contribution in [3.8, 4) is 0 Å². The van der Waals surface area contributed by atoms with Crippen LogP contribution in [0.25, 0.3) is 10.8 Å². The first kappa shape index (κ1) is 17.9. The Hall–Kier alpha value is -1.91. The summed E-state index contributed by atoms with van der Waals surface area (Å²) in [5.41, 5.74) is 6.72. The third-order valence-electron chi connectivity index (χ3n) is 5.21. The largest absolute Gasteiger partial charge is 0.369 e. The Balaban J connectivity index is 1.29. The molecule has 2 aromatic carbocycles. The van der Waals surface area contributed by atoms with Gasteiger partial charge < -0.3 is 16.0 Å². The number of amides is 1. The second kappa shape index (κ2) is 8.97. The zero-order valence-corrected chi connectivity index (χ0v) is 14.9. The number of fused-ring (bicyclic) bond motifs is 1. The Morgan fingerprint density at radius 2 is 1.84 bits per heavy atom. The van der Waals surface area contributed by atoms with Gasteiger partial charge in [-0.3, -0.25) is 4.79 Å². The van der Waals surface area contributed by atoms with Crippen LogP contribution in [-0.2, 0) is 11.3 Å². The van der Waals surface area contributed by atoms with Crippen molar-refractivity contribution in [1.29, 1.82) is 0 Å². The highest BCUT2D eigenvalue weighted by Gasteiger charge is 2.22. The molecule has 4 heteroatoms. The number of unbranched alkanes of at least 4 members (excludes halogenated alkanes) is 1. The first-order chi connectivity index (χ1) is 12.2. The average molecular weight is 339 g/mol. The quantitative estimate of drug-likeness (QED) is 0.727. The third-order valence-corrected chi connectivity index (χ3v) is 5.21. The summed E-state index contributed by atoms with van der Waals surface area (Å²) in [6.45, 7) is 5.12. The maximum Gasteiger partial charge on any atom is 0.220 e. The molecule has 1 aliphatic heterocycles. The van der Waals surface area contributed by atoms with Gasteiger partial charge in [-0.1, -0.05) is 36.4 Å². The molecule has 0 radical (unpaired) electrons. The van der Waals surface area contributed by atoms with Crippen molar-refractivity contribution in [1.82, 2.24) is 10.2 Å². The number of hydrogen-bond acceptors (Lipinski definition) is 3. The molecule has 134 valence electrons. The van der Waals surface area contributed by atoms with E-state index in [0.29, 0.717) is 0 Å². The van der Waals surface area contributed by atoms with E-state index in [2.05, 4.69) is 52.7 Å². The van der Waals surface area contributed by atoms with E-state index in [-0.39, 0.29) is 11.8 Å². The molecule has 25 heavy (non-hydrogen) atoms. The van der Waals surface area contributed by atoms with Gasteiger partial charge in [-0.25, -0.2) is 0 Å². The second-order valence-corrected chi connectivity index (χ2v) is 7.08. The minimum Gasteiger partial charge on any atom is -0.369 e. The monoisotopic (exact) mass is 339 g/mol. The van der Waals surface area contributed by atoms with Gasteiger partial charge in [-0.05, 0) is 74.3 Å². The van der Waals surface area contributed by atoms with E-state index < -0.39 is 0 Å². The molecule has 0 atom stereocenters. The zero-order valence-electron chi connectivity index (χ0n) is 14.9. The number of carbonyl (C=O) groups excluding carboxylic acids is 1. The van der Waals surface area contributed by atoms with Crippen LogP contribution in [0.15, 0.2) is 42.5 Å². The molecule has 0 unspecified atom stereocenters. The van der Waals surface area contributed by atoms with E-state index in [9.17, 15) is 4.79 Å². The number of hydrogen-bond donors (Lipinski definition) is 2. The van der Waals surface area contributed by atoms with Gasteiger partial charge in [0.2, 0.25) is 5.91 Å². The van der Waals surface area contributed by atoms with Crippen molar-refractivity contribution in [2.24, 2.45) is 11.7 Å². The van der Waals surface area contributed by atoms with Crippen LogP contribution in [0.5, 0.6) is 0 Å². The predicted octanol–water partition coefficient (Wildman–Crippen LogP) is 2.91. The van der Waals surface area contributed by atoms with E-state index in [1.807, 2.05) is 0 Å².